The predicted molar refractivity (Wildman–Crippen MR) is 83.8 cm³/mol. The molecule has 0 spiro atoms. The zero-order valence-corrected chi connectivity index (χ0v) is 12.2. The zero-order valence-electron chi connectivity index (χ0n) is 11.4. The summed E-state index contributed by atoms with van der Waals surface area (Å²) in [5, 5.41) is 11.9. The number of aliphatic carboxylic acids is 1. The van der Waals surface area contributed by atoms with E-state index in [9.17, 15) is 4.79 Å². The van der Waals surface area contributed by atoms with E-state index in [-0.39, 0.29) is 6.54 Å². The summed E-state index contributed by atoms with van der Waals surface area (Å²) >= 11 is 1.53. The molecule has 0 saturated heterocycles. The third kappa shape index (κ3) is 2.57. The van der Waals surface area contributed by atoms with Gasteiger partial charge in [-0.25, -0.2) is 9.97 Å². The van der Waals surface area contributed by atoms with Gasteiger partial charge in [0.2, 0.25) is 0 Å². The van der Waals surface area contributed by atoms with Crippen molar-refractivity contribution in [3.63, 3.8) is 0 Å². The fraction of sp³-hybridized carbons (Fsp3) is 0.133. The van der Waals surface area contributed by atoms with Crippen LogP contribution in [0.2, 0.25) is 0 Å². The third-order valence-corrected chi connectivity index (χ3v) is 4.06. The van der Waals surface area contributed by atoms with Crippen LogP contribution in [0.4, 0.5) is 5.82 Å². The third-order valence-electron chi connectivity index (χ3n) is 3.17. The van der Waals surface area contributed by atoms with Crippen molar-refractivity contribution in [1.82, 2.24) is 9.97 Å². The van der Waals surface area contributed by atoms with E-state index in [0.29, 0.717) is 5.82 Å². The highest BCUT2D eigenvalue weighted by Crippen LogP contribution is 2.37. The minimum atomic E-state index is -0.888. The molecule has 3 rings (SSSR count). The maximum absolute atomic E-state index is 10.9. The van der Waals surface area contributed by atoms with Crippen molar-refractivity contribution in [3.05, 3.63) is 42.0 Å². The first-order valence-electron chi connectivity index (χ1n) is 6.37. The van der Waals surface area contributed by atoms with Gasteiger partial charge in [-0.1, -0.05) is 30.3 Å². The molecule has 2 heterocycles. The molecule has 0 bridgehead atoms. The summed E-state index contributed by atoms with van der Waals surface area (Å²) in [6.07, 6.45) is 1.47. The molecule has 1 N–H and O–H groups in total. The molecule has 6 heteroatoms. The molecule has 0 aliphatic heterocycles. The molecule has 106 valence electrons. The van der Waals surface area contributed by atoms with Crippen LogP contribution in [-0.4, -0.2) is 34.6 Å². The number of hydrogen-bond donors (Lipinski definition) is 1. The number of carboxylic acids is 1. The number of likely N-dealkylation sites (N-methyl/N-ethyl adjacent to an activating group) is 1. The average molecular weight is 299 g/mol. The standard InChI is InChI=1S/C15H13N3O2S/c1-18(7-12(19)20)14-13-11(10-5-3-2-4-6-10)8-21-15(13)17-9-16-14/h2-6,8-9H,7H2,1H3,(H,19,20). The highest BCUT2D eigenvalue weighted by molar-refractivity contribution is 7.17. The summed E-state index contributed by atoms with van der Waals surface area (Å²) in [7, 11) is 1.72. The van der Waals surface area contributed by atoms with Gasteiger partial charge in [0.05, 0.1) is 5.39 Å². The Balaban J connectivity index is 2.17. The first kappa shape index (κ1) is 13.5. The summed E-state index contributed by atoms with van der Waals surface area (Å²) in [5.74, 6) is -0.247. The largest absolute Gasteiger partial charge is 0.480 e. The molecule has 5 nitrogen and oxygen atoms in total. The van der Waals surface area contributed by atoms with Crippen LogP contribution in [0, 0.1) is 0 Å². The van der Waals surface area contributed by atoms with E-state index < -0.39 is 5.97 Å². The van der Waals surface area contributed by atoms with Crippen LogP contribution in [0.25, 0.3) is 21.3 Å². The Kier molecular flexibility index (Phi) is 3.53. The molecule has 0 atom stereocenters. The summed E-state index contributed by atoms with van der Waals surface area (Å²) in [4.78, 5) is 22.0. The van der Waals surface area contributed by atoms with Crippen LogP contribution >= 0.6 is 11.3 Å². The zero-order chi connectivity index (χ0) is 14.8. The van der Waals surface area contributed by atoms with Gasteiger partial charge in [0.15, 0.2) is 0 Å². The first-order chi connectivity index (χ1) is 10.2. The quantitative estimate of drug-likeness (QED) is 0.802. The summed E-state index contributed by atoms with van der Waals surface area (Å²) < 4.78 is 0. The van der Waals surface area contributed by atoms with Gasteiger partial charge in [0.1, 0.15) is 23.5 Å². The molecular weight excluding hydrogens is 286 g/mol. The van der Waals surface area contributed by atoms with Crippen molar-refractivity contribution in [2.75, 3.05) is 18.5 Å². The van der Waals surface area contributed by atoms with Gasteiger partial charge in [-0.3, -0.25) is 4.79 Å². The van der Waals surface area contributed by atoms with Gasteiger partial charge < -0.3 is 10.0 Å². The molecule has 0 unspecified atom stereocenters. The van der Waals surface area contributed by atoms with Crippen molar-refractivity contribution >= 4 is 33.3 Å². The van der Waals surface area contributed by atoms with Crippen molar-refractivity contribution < 1.29 is 9.90 Å². The molecule has 3 aromatic rings. The summed E-state index contributed by atoms with van der Waals surface area (Å²) in [6.45, 7) is -0.101. The maximum Gasteiger partial charge on any atom is 0.323 e. The Morgan fingerprint density at radius 1 is 1.29 bits per heavy atom. The maximum atomic E-state index is 10.9. The molecule has 1 aromatic carbocycles. The molecule has 0 amide bonds. The van der Waals surface area contributed by atoms with Crippen LogP contribution in [0.15, 0.2) is 42.0 Å². The fourth-order valence-electron chi connectivity index (χ4n) is 2.26. The second kappa shape index (κ2) is 5.49. The SMILES string of the molecule is CN(CC(=O)O)c1ncnc2scc(-c3ccccc3)c12. The normalized spacial score (nSPS) is 10.7. The van der Waals surface area contributed by atoms with Crippen molar-refractivity contribution in [3.8, 4) is 11.1 Å². The Morgan fingerprint density at radius 2 is 2.05 bits per heavy atom. The minimum Gasteiger partial charge on any atom is -0.480 e. The number of aromatic nitrogens is 2. The Labute approximate surface area is 125 Å². The number of fused-ring (bicyclic) bond motifs is 1. The number of carboxylic acid groups (broad SMARTS) is 1. The van der Waals surface area contributed by atoms with E-state index >= 15 is 0 Å². The molecule has 21 heavy (non-hydrogen) atoms. The molecule has 0 aliphatic carbocycles. The first-order valence-corrected chi connectivity index (χ1v) is 7.25. The smallest absolute Gasteiger partial charge is 0.323 e. The van der Waals surface area contributed by atoms with Crippen LogP contribution in [-0.2, 0) is 4.79 Å². The Morgan fingerprint density at radius 3 is 2.76 bits per heavy atom. The number of carbonyl (C=O) groups is 1. The van der Waals surface area contributed by atoms with Crippen molar-refractivity contribution in [2.45, 2.75) is 0 Å². The number of nitrogens with zero attached hydrogens (tertiary/aromatic N) is 3. The van der Waals surface area contributed by atoms with E-state index in [1.807, 2.05) is 35.7 Å². The molecule has 0 radical (unpaired) electrons. The van der Waals surface area contributed by atoms with Crippen molar-refractivity contribution in [1.29, 1.82) is 0 Å². The minimum absolute atomic E-state index is 0.101. The molecule has 0 saturated carbocycles. The van der Waals surface area contributed by atoms with Gasteiger partial charge >= 0.3 is 5.97 Å². The molecule has 0 fully saturated rings. The number of hydrogen-bond acceptors (Lipinski definition) is 5. The van der Waals surface area contributed by atoms with E-state index in [1.165, 1.54) is 17.7 Å². The lowest BCUT2D eigenvalue weighted by atomic mass is 10.1. The van der Waals surface area contributed by atoms with E-state index in [1.54, 1.807) is 11.9 Å². The monoisotopic (exact) mass is 299 g/mol. The van der Waals surface area contributed by atoms with Gasteiger partial charge in [-0.05, 0) is 5.56 Å². The highest BCUT2D eigenvalue weighted by Gasteiger charge is 2.16. The van der Waals surface area contributed by atoms with Crippen LogP contribution in [0.3, 0.4) is 0 Å². The van der Waals surface area contributed by atoms with Crippen molar-refractivity contribution in [2.24, 2.45) is 0 Å². The summed E-state index contributed by atoms with van der Waals surface area (Å²) in [5.41, 5.74) is 2.10. The van der Waals surface area contributed by atoms with Gasteiger partial charge in [-0.15, -0.1) is 11.3 Å². The second-order valence-corrected chi connectivity index (χ2v) is 5.50. The van der Waals surface area contributed by atoms with E-state index in [4.69, 9.17) is 5.11 Å². The topological polar surface area (TPSA) is 66.3 Å². The number of anilines is 1. The van der Waals surface area contributed by atoms with Crippen LogP contribution in [0.5, 0.6) is 0 Å². The second-order valence-electron chi connectivity index (χ2n) is 4.64. The number of benzene rings is 1. The lowest BCUT2D eigenvalue weighted by Crippen LogP contribution is -2.26. The lowest BCUT2D eigenvalue weighted by Gasteiger charge is -2.17. The van der Waals surface area contributed by atoms with Gasteiger partial charge in [0, 0.05) is 18.0 Å². The highest BCUT2D eigenvalue weighted by atomic mass is 32.1. The Hall–Kier alpha value is -2.47. The lowest BCUT2D eigenvalue weighted by molar-refractivity contribution is -0.135. The molecule has 0 aliphatic rings. The average Bonchev–Trinajstić information content (AvgIpc) is 2.91. The number of thiophene rings is 1. The summed E-state index contributed by atoms with van der Waals surface area (Å²) in [6, 6.07) is 9.96. The molecular formula is C15H13N3O2S. The van der Waals surface area contributed by atoms with Gasteiger partial charge in [0.25, 0.3) is 0 Å². The number of rotatable bonds is 4. The van der Waals surface area contributed by atoms with Crippen LogP contribution < -0.4 is 4.90 Å². The van der Waals surface area contributed by atoms with Gasteiger partial charge in [-0.2, -0.15) is 0 Å². The van der Waals surface area contributed by atoms with Crippen LogP contribution in [0.1, 0.15) is 0 Å². The fourth-order valence-corrected chi connectivity index (χ4v) is 3.17. The molecule has 2 aromatic heterocycles. The predicted octanol–water partition coefficient (Wildman–Crippen LogP) is 2.88. The Bertz CT molecular complexity index is 786. The van der Waals surface area contributed by atoms with E-state index in [2.05, 4.69) is 9.97 Å². The van der Waals surface area contributed by atoms with E-state index in [0.717, 1.165) is 21.3 Å².